The van der Waals surface area contributed by atoms with Gasteiger partial charge in [0.05, 0.1) is 27.9 Å². The van der Waals surface area contributed by atoms with Gasteiger partial charge in [0.15, 0.2) is 11.5 Å². The van der Waals surface area contributed by atoms with Crippen molar-refractivity contribution in [2.75, 3.05) is 27.9 Å². The van der Waals surface area contributed by atoms with E-state index in [0.717, 1.165) is 11.3 Å². The fourth-order valence-corrected chi connectivity index (χ4v) is 1.62. The molecule has 0 spiro atoms. The average molecular weight is 306 g/mol. The molecule has 1 aromatic rings. The summed E-state index contributed by atoms with van der Waals surface area (Å²) in [5, 5.41) is 12.5. The summed E-state index contributed by atoms with van der Waals surface area (Å²) in [4.78, 5) is 0. The Labute approximate surface area is 126 Å². The molecule has 0 heterocycles. The summed E-state index contributed by atoms with van der Waals surface area (Å²) >= 11 is 0. The summed E-state index contributed by atoms with van der Waals surface area (Å²) in [6, 6.07) is 3.67. The lowest BCUT2D eigenvalue weighted by Gasteiger charge is -2.24. The van der Waals surface area contributed by atoms with Crippen LogP contribution in [0, 0.1) is 0 Å². The molecule has 6 heteroatoms. The highest BCUT2D eigenvalue weighted by atomic mass is 35.5. The lowest BCUT2D eigenvalue weighted by Crippen LogP contribution is -2.42. The van der Waals surface area contributed by atoms with Crippen molar-refractivity contribution in [3.05, 3.63) is 17.7 Å². The third-order valence-electron chi connectivity index (χ3n) is 2.94. The second-order valence-electron chi connectivity index (χ2n) is 4.91. The Morgan fingerprint density at radius 2 is 1.50 bits per heavy atom. The molecule has 0 aliphatic rings. The number of benzene rings is 1. The standard InChI is InChI=1S/C14H23NO4.ClH/c1-14(2,9-16)15-8-10-6-12(18-4)13(19-5)7-11(10)17-3;/h6-7,15-16H,8-9H2,1-5H3;1H. The van der Waals surface area contributed by atoms with Gasteiger partial charge in [-0.2, -0.15) is 0 Å². The predicted octanol–water partition coefficient (Wildman–Crippen LogP) is 1.99. The third kappa shape index (κ3) is 4.74. The SMILES string of the molecule is COc1cc(OC)c(OC)cc1CNC(C)(C)CO.Cl. The zero-order chi connectivity index (χ0) is 14.5. The first-order chi connectivity index (χ1) is 8.97. The number of rotatable bonds is 7. The maximum Gasteiger partial charge on any atom is 0.164 e. The molecule has 1 aromatic carbocycles. The van der Waals surface area contributed by atoms with Crippen molar-refractivity contribution in [2.45, 2.75) is 25.9 Å². The van der Waals surface area contributed by atoms with Crippen LogP contribution in [0.1, 0.15) is 19.4 Å². The first-order valence-corrected chi connectivity index (χ1v) is 6.12. The van der Waals surface area contributed by atoms with E-state index >= 15 is 0 Å². The molecule has 2 N–H and O–H groups in total. The van der Waals surface area contributed by atoms with Crippen molar-refractivity contribution in [3.8, 4) is 17.2 Å². The van der Waals surface area contributed by atoms with Gasteiger partial charge in [-0.25, -0.2) is 0 Å². The number of hydrogen-bond donors (Lipinski definition) is 2. The van der Waals surface area contributed by atoms with Crippen LogP contribution < -0.4 is 19.5 Å². The van der Waals surface area contributed by atoms with Crippen LogP contribution in [0.2, 0.25) is 0 Å². The molecule has 5 nitrogen and oxygen atoms in total. The zero-order valence-electron chi connectivity index (χ0n) is 12.6. The topological polar surface area (TPSA) is 60.0 Å². The first kappa shape index (κ1) is 18.8. The number of nitrogens with one attached hydrogen (secondary N) is 1. The quantitative estimate of drug-likeness (QED) is 0.807. The van der Waals surface area contributed by atoms with E-state index in [1.165, 1.54) is 0 Å². The fraction of sp³-hybridized carbons (Fsp3) is 0.571. The maximum absolute atomic E-state index is 9.24. The highest BCUT2D eigenvalue weighted by Crippen LogP contribution is 2.34. The van der Waals surface area contributed by atoms with E-state index in [-0.39, 0.29) is 24.6 Å². The number of halogens is 1. The first-order valence-electron chi connectivity index (χ1n) is 6.12. The van der Waals surface area contributed by atoms with Crippen LogP contribution in [0.4, 0.5) is 0 Å². The molecule has 0 unspecified atom stereocenters. The number of ether oxygens (including phenoxy) is 3. The lowest BCUT2D eigenvalue weighted by atomic mass is 10.1. The molecule has 0 atom stereocenters. The summed E-state index contributed by atoms with van der Waals surface area (Å²) in [5.41, 5.74) is 0.597. The van der Waals surface area contributed by atoms with Crippen molar-refractivity contribution in [2.24, 2.45) is 0 Å². The molecule has 1 rings (SSSR count). The number of aliphatic hydroxyl groups is 1. The van der Waals surface area contributed by atoms with Crippen molar-refractivity contribution in [3.63, 3.8) is 0 Å². The third-order valence-corrected chi connectivity index (χ3v) is 2.94. The van der Waals surface area contributed by atoms with Gasteiger partial charge in [-0.1, -0.05) is 0 Å². The van der Waals surface area contributed by atoms with E-state index in [9.17, 15) is 5.11 Å². The number of methoxy groups -OCH3 is 3. The summed E-state index contributed by atoms with van der Waals surface area (Å²) in [7, 11) is 4.80. The van der Waals surface area contributed by atoms with E-state index in [1.807, 2.05) is 19.9 Å². The van der Waals surface area contributed by atoms with Crippen LogP contribution in [-0.2, 0) is 6.54 Å². The summed E-state index contributed by atoms with van der Waals surface area (Å²) in [5.74, 6) is 2.00. The minimum absolute atomic E-state index is 0. The smallest absolute Gasteiger partial charge is 0.164 e. The van der Waals surface area contributed by atoms with Crippen molar-refractivity contribution in [1.29, 1.82) is 0 Å². The highest BCUT2D eigenvalue weighted by Gasteiger charge is 2.17. The average Bonchev–Trinajstić information content (AvgIpc) is 2.44. The minimum Gasteiger partial charge on any atom is -0.496 e. The number of hydrogen-bond acceptors (Lipinski definition) is 5. The molecule has 116 valence electrons. The predicted molar refractivity (Wildman–Crippen MR) is 81.4 cm³/mol. The largest absolute Gasteiger partial charge is 0.496 e. The molecular weight excluding hydrogens is 282 g/mol. The van der Waals surface area contributed by atoms with Crippen molar-refractivity contribution in [1.82, 2.24) is 5.32 Å². The molecule has 0 bridgehead atoms. The van der Waals surface area contributed by atoms with E-state index in [2.05, 4.69) is 5.32 Å². The van der Waals surface area contributed by atoms with Crippen LogP contribution in [-0.4, -0.2) is 38.6 Å². The van der Waals surface area contributed by atoms with Gasteiger partial charge in [-0.05, 0) is 19.9 Å². The van der Waals surface area contributed by atoms with Crippen LogP contribution in [0.5, 0.6) is 17.2 Å². The molecule has 0 saturated heterocycles. The van der Waals surface area contributed by atoms with E-state index < -0.39 is 0 Å². The van der Waals surface area contributed by atoms with E-state index in [0.29, 0.717) is 18.0 Å². The molecule has 0 radical (unpaired) electrons. The second kappa shape index (κ2) is 8.19. The van der Waals surface area contributed by atoms with Gasteiger partial charge in [0.25, 0.3) is 0 Å². The Morgan fingerprint density at radius 1 is 1.00 bits per heavy atom. The highest BCUT2D eigenvalue weighted by molar-refractivity contribution is 5.85. The molecule has 20 heavy (non-hydrogen) atoms. The molecule has 0 aliphatic heterocycles. The summed E-state index contributed by atoms with van der Waals surface area (Å²) in [6.45, 7) is 4.49. The number of aliphatic hydroxyl groups excluding tert-OH is 1. The van der Waals surface area contributed by atoms with Crippen molar-refractivity contribution < 1.29 is 19.3 Å². The van der Waals surface area contributed by atoms with Crippen LogP contribution >= 0.6 is 12.4 Å². The van der Waals surface area contributed by atoms with Gasteiger partial charge in [0.2, 0.25) is 0 Å². The summed E-state index contributed by atoms with van der Waals surface area (Å²) in [6.07, 6.45) is 0. The fourth-order valence-electron chi connectivity index (χ4n) is 1.62. The Hall–Kier alpha value is -1.17. The van der Waals surface area contributed by atoms with E-state index in [4.69, 9.17) is 14.2 Å². The van der Waals surface area contributed by atoms with Gasteiger partial charge in [0.1, 0.15) is 5.75 Å². The van der Waals surface area contributed by atoms with Gasteiger partial charge >= 0.3 is 0 Å². The van der Waals surface area contributed by atoms with Gasteiger partial charge in [-0.15, -0.1) is 12.4 Å². The Bertz CT molecular complexity index is 424. The monoisotopic (exact) mass is 305 g/mol. The molecule has 0 saturated carbocycles. The van der Waals surface area contributed by atoms with Gasteiger partial charge < -0.3 is 24.6 Å². The molecule has 0 fully saturated rings. The van der Waals surface area contributed by atoms with Gasteiger partial charge in [-0.3, -0.25) is 0 Å². The molecule has 0 aromatic heterocycles. The van der Waals surface area contributed by atoms with Crippen molar-refractivity contribution >= 4 is 12.4 Å². The Balaban J connectivity index is 0.00000361. The normalized spacial score (nSPS) is 10.7. The zero-order valence-corrected chi connectivity index (χ0v) is 13.5. The molecular formula is C14H24ClNO4. The second-order valence-corrected chi connectivity index (χ2v) is 4.91. The van der Waals surface area contributed by atoms with Crippen LogP contribution in [0.25, 0.3) is 0 Å². The van der Waals surface area contributed by atoms with Crippen LogP contribution in [0.3, 0.4) is 0 Å². The molecule has 0 aliphatic carbocycles. The Kier molecular flexibility index (Phi) is 7.71. The summed E-state index contributed by atoms with van der Waals surface area (Å²) < 4.78 is 15.9. The Morgan fingerprint density at radius 3 is 1.95 bits per heavy atom. The lowest BCUT2D eigenvalue weighted by molar-refractivity contribution is 0.187. The van der Waals surface area contributed by atoms with Gasteiger partial charge in [0, 0.05) is 23.7 Å². The minimum atomic E-state index is -0.349. The van der Waals surface area contributed by atoms with Crippen LogP contribution in [0.15, 0.2) is 12.1 Å². The molecule has 0 amide bonds. The van der Waals surface area contributed by atoms with E-state index in [1.54, 1.807) is 27.4 Å². The maximum atomic E-state index is 9.24.